The molecule has 1 aliphatic carbocycles. The van der Waals surface area contributed by atoms with E-state index in [1.807, 2.05) is 13.8 Å². The van der Waals surface area contributed by atoms with Crippen LogP contribution in [-0.2, 0) is 4.79 Å². The fourth-order valence-corrected chi connectivity index (χ4v) is 4.67. The number of hydrogen-bond donors (Lipinski definition) is 2. The number of nitriles is 1. The summed E-state index contributed by atoms with van der Waals surface area (Å²) >= 11 is 0. The van der Waals surface area contributed by atoms with E-state index < -0.39 is 11.8 Å². The van der Waals surface area contributed by atoms with Crippen LogP contribution in [0.15, 0.2) is 65.4 Å². The molecule has 0 radical (unpaired) electrons. The Morgan fingerprint density at radius 1 is 1.17 bits per heavy atom. The molecule has 9 heteroatoms. The predicted octanol–water partition coefficient (Wildman–Crippen LogP) is 3.18. The van der Waals surface area contributed by atoms with Crippen molar-refractivity contribution in [3.05, 3.63) is 76.5 Å². The number of nitrogens with zero attached hydrogens (tertiary/aromatic N) is 3. The Bertz CT molecular complexity index is 1290. The molecule has 0 fully saturated rings. The molecule has 2 heterocycles. The van der Waals surface area contributed by atoms with Crippen molar-refractivity contribution in [1.29, 1.82) is 5.26 Å². The van der Waals surface area contributed by atoms with Crippen molar-refractivity contribution < 1.29 is 19.1 Å². The largest absolute Gasteiger partial charge is 0.493 e. The number of nitrogens with one attached hydrogen (secondary N) is 1. The molecule has 2 aliphatic rings. The van der Waals surface area contributed by atoms with E-state index in [1.165, 1.54) is 31.6 Å². The van der Waals surface area contributed by atoms with Crippen molar-refractivity contribution in [1.82, 2.24) is 15.4 Å². The highest BCUT2D eigenvalue weighted by molar-refractivity contribution is 6.01. The number of allylic oxidation sites excluding steroid dienone is 3. The Morgan fingerprint density at radius 3 is 2.49 bits per heavy atom. The number of ether oxygens (including phenoxy) is 2. The molecule has 1 aromatic heterocycles. The Hall–Kier alpha value is -4.32. The monoisotopic (exact) mass is 473 g/mol. The van der Waals surface area contributed by atoms with Crippen molar-refractivity contribution in [2.45, 2.75) is 32.6 Å². The summed E-state index contributed by atoms with van der Waals surface area (Å²) < 4.78 is 10.8. The van der Waals surface area contributed by atoms with Crippen LogP contribution >= 0.6 is 0 Å². The first-order valence-corrected chi connectivity index (χ1v) is 11.1. The van der Waals surface area contributed by atoms with Gasteiger partial charge in [-0.05, 0) is 41.7 Å². The minimum Gasteiger partial charge on any atom is -0.493 e. The molecule has 9 nitrogen and oxygen atoms in total. The van der Waals surface area contributed by atoms with Gasteiger partial charge in [-0.3, -0.25) is 20.0 Å². The standard InChI is InChI=1S/C26H27N5O4/c1-26(2)12-18-23(19(32)13-26)22(16-5-6-20(34-3)21(11-16)35-4)17(14-27)24(28)31(18)30-25(33)15-7-9-29-10-8-15/h5-11,22H,12-13,28H2,1-4H3,(H,30,33). The van der Waals surface area contributed by atoms with Gasteiger partial charge in [0.1, 0.15) is 5.82 Å². The minimum atomic E-state index is -0.701. The number of hydrazine groups is 1. The van der Waals surface area contributed by atoms with E-state index in [9.17, 15) is 14.9 Å². The van der Waals surface area contributed by atoms with Gasteiger partial charge in [0, 0.05) is 30.0 Å². The lowest BCUT2D eigenvalue weighted by molar-refractivity contribution is -0.118. The second-order valence-electron chi connectivity index (χ2n) is 9.27. The van der Waals surface area contributed by atoms with Crippen LogP contribution in [0.1, 0.15) is 48.5 Å². The summed E-state index contributed by atoms with van der Waals surface area (Å²) in [7, 11) is 3.06. The predicted molar refractivity (Wildman–Crippen MR) is 128 cm³/mol. The molecule has 0 spiro atoms. The van der Waals surface area contributed by atoms with Crippen LogP contribution in [0.4, 0.5) is 0 Å². The fourth-order valence-electron chi connectivity index (χ4n) is 4.67. The summed E-state index contributed by atoms with van der Waals surface area (Å²) in [6, 6.07) is 10.6. The average Bonchev–Trinajstić information content (AvgIpc) is 2.84. The molecule has 0 bridgehead atoms. The van der Waals surface area contributed by atoms with Crippen LogP contribution in [0.2, 0.25) is 0 Å². The lowest BCUT2D eigenvalue weighted by atomic mass is 9.69. The molecule has 3 N–H and O–H groups in total. The number of methoxy groups -OCH3 is 2. The molecule has 1 amide bonds. The van der Waals surface area contributed by atoms with E-state index in [-0.39, 0.29) is 22.6 Å². The third-order valence-corrected chi connectivity index (χ3v) is 6.28. The maximum atomic E-state index is 13.5. The summed E-state index contributed by atoms with van der Waals surface area (Å²) in [5.74, 6) is -0.162. The average molecular weight is 474 g/mol. The molecule has 1 unspecified atom stereocenters. The lowest BCUT2D eigenvalue weighted by Crippen LogP contribution is -2.49. The van der Waals surface area contributed by atoms with Crippen molar-refractivity contribution in [3.8, 4) is 17.6 Å². The molecule has 1 aromatic carbocycles. The highest BCUT2D eigenvalue weighted by atomic mass is 16.5. The van der Waals surface area contributed by atoms with Crippen LogP contribution < -0.4 is 20.6 Å². The Morgan fingerprint density at radius 2 is 1.86 bits per heavy atom. The molecule has 1 aliphatic heterocycles. The first-order valence-electron chi connectivity index (χ1n) is 11.1. The van der Waals surface area contributed by atoms with E-state index >= 15 is 0 Å². The number of ketones is 1. The summed E-state index contributed by atoms with van der Waals surface area (Å²) in [5.41, 5.74) is 11.2. The smallest absolute Gasteiger partial charge is 0.270 e. The third-order valence-electron chi connectivity index (χ3n) is 6.28. The molecular formula is C26H27N5O4. The number of nitrogens with two attached hydrogens (primary N) is 1. The summed E-state index contributed by atoms with van der Waals surface area (Å²) in [6.07, 6.45) is 3.81. The second kappa shape index (κ2) is 9.14. The first kappa shape index (κ1) is 23.8. The zero-order valence-corrected chi connectivity index (χ0v) is 20.1. The van der Waals surface area contributed by atoms with Crippen molar-refractivity contribution >= 4 is 11.7 Å². The molecule has 2 aromatic rings. The molecule has 4 rings (SSSR count). The molecule has 35 heavy (non-hydrogen) atoms. The van der Waals surface area contributed by atoms with Crippen molar-refractivity contribution in [3.63, 3.8) is 0 Å². The maximum Gasteiger partial charge on any atom is 0.270 e. The van der Waals surface area contributed by atoms with Gasteiger partial charge >= 0.3 is 0 Å². The minimum absolute atomic E-state index is 0.0685. The van der Waals surface area contributed by atoms with Crippen molar-refractivity contribution in [2.75, 3.05) is 14.2 Å². The van der Waals surface area contributed by atoms with Gasteiger partial charge in [-0.25, -0.2) is 5.01 Å². The molecule has 180 valence electrons. The topological polar surface area (TPSA) is 131 Å². The third kappa shape index (κ3) is 4.30. The highest BCUT2D eigenvalue weighted by Crippen LogP contribution is 2.49. The Labute approximate surface area is 203 Å². The van der Waals surface area contributed by atoms with Gasteiger partial charge in [0.15, 0.2) is 17.3 Å². The van der Waals surface area contributed by atoms with Crippen molar-refractivity contribution in [2.24, 2.45) is 11.1 Å². The number of benzene rings is 1. The lowest BCUT2D eigenvalue weighted by Gasteiger charge is -2.43. The number of amides is 1. The number of carbonyl (C=O) groups excluding carboxylic acids is 2. The summed E-state index contributed by atoms with van der Waals surface area (Å²) in [5, 5.41) is 11.5. The number of carbonyl (C=O) groups is 2. The number of Topliss-reactive ketones (excluding diaryl/α,β-unsaturated/α-hetero) is 1. The van der Waals surface area contributed by atoms with E-state index in [0.717, 1.165) is 0 Å². The van der Waals surface area contributed by atoms with Crippen LogP contribution in [0, 0.1) is 16.7 Å². The van der Waals surface area contributed by atoms with Gasteiger partial charge in [0.25, 0.3) is 5.91 Å². The van der Waals surface area contributed by atoms with E-state index in [2.05, 4.69) is 16.5 Å². The molecule has 0 saturated carbocycles. The number of rotatable bonds is 5. The molecule has 0 saturated heterocycles. The maximum absolute atomic E-state index is 13.5. The fraction of sp³-hybridized carbons (Fsp3) is 0.308. The molecule has 1 atom stereocenters. The van der Waals surface area contributed by atoms with Gasteiger partial charge in [0.05, 0.1) is 37.5 Å². The van der Waals surface area contributed by atoms with E-state index in [1.54, 1.807) is 30.3 Å². The Balaban J connectivity index is 1.88. The van der Waals surface area contributed by atoms with Crippen LogP contribution in [0.3, 0.4) is 0 Å². The normalized spacial score (nSPS) is 19.1. The van der Waals surface area contributed by atoms with Gasteiger partial charge in [-0.15, -0.1) is 0 Å². The highest BCUT2D eigenvalue weighted by Gasteiger charge is 2.45. The second-order valence-corrected chi connectivity index (χ2v) is 9.27. The zero-order chi connectivity index (χ0) is 25.3. The van der Waals surface area contributed by atoms with Crippen LogP contribution in [-0.4, -0.2) is 35.9 Å². The van der Waals surface area contributed by atoms with Gasteiger partial charge in [0.2, 0.25) is 0 Å². The number of hydrogen-bond acceptors (Lipinski definition) is 8. The van der Waals surface area contributed by atoms with Gasteiger partial charge < -0.3 is 15.2 Å². The van der Waals surface area contributed by atoms with Crippen LogP contribution in [0.25, 0.3) is 0 Å². The zero-order valence-electron chi connectivity index (χ0n) is 20.1. The van der Waals surface area contributed by atoms with E-state index in [4.69, 9.17) is 15.2 Å². The number of pyridine rings is 1. The van der Waals surface area contributed by atoms with E-state index in [0.29, 0.717) is 46.7 Å². The summed E-state index contributed by atoms with van der Waals surface area (Å²) in [4.78, 5) is 30.5. The quantitative estimate of drug-likeness (QED) is 0.677. The van der Waals surface area contributed by atoms with Gasteiger partial charge in [-0.1, -0.05) is 19.9 Å². The summed E-state index contributed by atoms with van der Waals surface area (Å²) in [6.45, 7) is 3.98. The Kier molecular flexibility index (Phi) is 6.22. The first-order chi connectivity index (χ1) is 16.7. The van der Waals surface area contributed by atoms with Crippen LogP contribution in [0.5, 0.6) is 11.5 Å². The SMILES string of the molecule is COc1ccc(C2C(C#N)=C(N)N(NC(=O)c3ccncc3)C3=C2C(=O)CC(C)(C)C3)cc1OC. The van der Waals surface area contributed by atoms with Gasteiger partial charge in [-0.2, -0.15) is 5.26 Å². The molecular weight excluding hydrogens is 446 g/mol. The number of aromatic nitrogens is 1.